The number of amides is 2. The molecular formula is C13H21N3O. The lowest BCUT2D eigenvalue weighted by Crippen LogP contribution is -2.36. The summed E-state index contributed by atoms with van der Waals surface area (Å²) in [5, 5.41) is 2.87. The molecule has 1 aromatic rings. The molecule has 0 aliphatic heterocycles. The van der Waals surface area contributed by atoms with Gasteiger partial charge in [-0.15, -0.1) is 0 Å². The SMILES string of the molecule is CCCN(CCC)C(=O)Nc1ccc(N)cc1. The Hall–Kier alpha value is -1.71. The largest absolute Gasteiger partial charge is 0.399 e. The maximum atomic E-state index is 12.0. The van der Waals surface area contributed by atoms with Crippen molar-refractivity contribution in [1.29, 1.82) is 0 Å². The van der Waals surface area contributed by atoms with Crippen LogP contribution in [0.15, 0.2) is 24.3 Å². The monoisotopic (exact) mass is 235 g/mol. The van der Waals surface area contributed by atoms with Crippen LogP contribution in [-0.2, 0) is 0 Å². The van der Waals surface area contributed by atoms with Crippen LogP contribution >= 0.6 is 0 Å². The molecule has 0 saturated heterocycles. The summed E-state index contributed by atoms with van der Waals surface area (Å²) < 4.78 is 0. The summed E-state index contributed by atoms with van der Waals surface area (Å²) in [5.74, 6) is 0. The first-order valence-corrected chi connectivity index (χ1v) is 6.08. The van der Waals surface area contributed by atoms with Crippen molar-refractivity contribution in [3.8, 4) is 0 Å². The van der Waals surface area contributed by atoms with Gasteiger partial charge in [0, 0.05) is 24.5 Å². The van der Waals surface area contributed by atoms with Crippen molar-refractivity contribution in [2.24, 2.45) is 0 Å². The van der Waals surface area contributed by atoms with Crippen LogP contribution in [0.4, 0.5) is 16.2 Å². The molecule has 0 saturated carbocycles. The average molecular weight is 235 g/mol. The molecule has 0 aliphatic rings. The highest BCUT2D eigenvalue weighted by Crippen LogP contribution is 2.11. The molecule has 4 heteroatoms. The number of anilines is 2. The van der Waals surface area contributed by atoms with Gasteiger partial charge in [-0.3, -0.25) is 0 Å². The van der Waals surface area contributed by atoms with Crippen molar-refractivity contribution >= 4 is 17.4 Å². The average Bonchev–Trinajstić information content (AvgIpc) is 2.32. The Kier molecular flexibility index (Phi) is 5.33. The molecule has 0 fully saturated rings. The zero-order chi connectivity index (χ0) is 12.7. The fraction of sp³-hybridized carbons (Fsp3) is 0.462. The molecule has 0 atom stereocenters. The molecule has 17 heavy (non-hydrogen) atoms. The van der Waals surface area contributed by atoms with Gasteiger partial charge in [0.25, 0.3) is 0 Å². The number of urea groups is 1. The highest BCUT2D eigenvalue weighted by atomic mass is 16.2. The Morgan fingerprint density at radius 3 is 2.18 bits per heavy atom. The van der Waals surface area contributed by atoms with Crippen molar-refractivity contribution in [1.82, 2.24) is 4.90 Å². The number of hydrogen-bond donors (Lipinski definition) is 2. The molecule has 3 N–H and O–H groups in total. The summed E-state index contributed by atoms with van der Waals surface area (Å²) in [6.45, 7) is 5.71. The Morgan fingerprint density at radius 1 is 1.18 bits per heavy atom. The summed E-state index contributed by atoms with van der Waals surface area (Å²) in [6.07, 6.45) is 1.93. The predicted molar refractivity (Wildman–Crippen MR) is 72.0 cm³/mol. The van der Waals surface area contributed by atoms with Gasteiger partial charge < -0.3 is 16.0 Å². The predicted octanol–water partition coefficient (Wildman–Crippen LogP) is 2.92. The number of carbonyl (C=O) groups is 1. The number of nitrogens with one attached hydrogen (secondary N) is 1. The van der Waals surface area contributed by atoms with E-state index in [-0.39, 0.29) is 6.03 Å². The zero-order valence-electron chi connectivity index (χ0n) is 10.6. The van der Waals surface area contributed by atoms with E-state index in [2.05, 4.69) is 19.2 Å². The summed E-state index contributed by atoms with van der Waals surface area (Å²) in [5.41, 5.74) is 7.06. The quantitative estimate of drug-likeness (QED) is 0.771. The molecule has 0 radical (unpaired) electrons. The fourth-order valence-corrected chi connectivity index (χ4v) is 1.62. The number of benzene rings is 1. The Morgan fingerprint density at radius 2 is 1.71 bits per heavy atom. The highest BCUT2D eigenvalue weighted by molar-refractivity contribution is 5.89. The smallest absolute Gasteiger partial charge is 0.321 e. The van der Waals surface area contributed by atoms with Crippen LogP contribution in [0.25, 0.3) is 0 Å². The van der Waals surface area contributed by atoms with Gasteiger partial charge in [0.2, 0.25) is 0 Å². The first-order chi connectivity index (χ1) is 8.17. The third-order valence-corrected chi connectivity index (χ3v) is 2.44. The first-order valence-electron chi connectivity index (χ1n) is 6.08. The van der Waals surface area contributed by atoms with E-state index in [1.807, 2.05) is 17.0 Å². The maximum absolute atomic E-state index is 12.0. The number of carbonyl (C=O) groups excluding carboxylic acids is 1. The van der Waals surface area contributed by atoms with Crippen molar-refractivity contribution < 1.29 is 4.79 Å². The van der Waals surface area contributed by atoms with Crippen LogP contribution in [0.1, 0.15) is 26.7 Å². The van der Waals surface area contributed by atoms with E-state index in [1.54, 1.807) is 12.1 Å². The minimum absolute atomic E-state index is 0.0431. The van der Waals surface area contributed by atoms with E-state index in [4.69, 9.17) is 5.73 Å². The second-order valence-corrected chi connectivity index (χ2v) is 4.04. The van der Waals surface area contributed by atoms with E-state index in [9.17, 15) is 4.79 Å². The summed E-state index contributed by atoms with van der Waals surface area (Å²) >= 11 is 0. The van der Waals surface area contributed by atoms with Gasteiger partial charge in [-0.1, -0.05) is 13.8 Å². The van der Waals surface area contributed by atoms with Gasteiger partial charge in [-0.25, -0.2) is 4.79 Å². The number of nitrogens with two attached hydrogens (primary N) is 1. The molecule has 94 valence electrons. The summed E-state index contributed by atoms with van der Waals surface area (Å²) in [4.78, 5) is 13.8. The lowest BCUT2D eigenvalue weighted by molar-refractivity contribution is 0.211. The molecular weight excluding hydrogens is 214 g/mol. The number of hydrogen-bond acceptors (Lipinski definition) is 2. The van der Waals surface area contributed by atoms with Crippen LogP contribution in [0.3, 0.4) is 0 Å². The van der Waals surface area contributed by atoms with E-state index in [0.29, 0.717) is 5.69 Å². The number of rotatable bonds is 5. The van der Waals surface area contributed by atoms with Gasteiger partial charge in [0.05, 0.1) is 0 Å². The normalized spacial score (nSPS) is 10.0. The van der Waals surface area contributed by atoms with Crippen LogP contribution in [-0.4, -0.2) is 24.0 Å². The maximum Gasteiger partial charge on any atom is 0.321 e. The molecule has 1 rings (SSSR count). The van der Waals surface area contributed by atoms with E-state index >= 15 is 0 Å². The van der Waals surface area contributed by atoms with Crippen molar-refractivity contribution in [2.45, 2.75) is 26.7 Å². The van der Waals surface area contributed by atoms with Crippen molar-refractivity contribution in [3.63, 3.8) is 0 Å². The molecule has 4 nitrogen and oxygen atoms in total. The summed E-state index contributed by atoms with van der Waals surface area (Å²) in [7, 11) is 0. The third kappa shape index (κ3) is 4.34. The third-order valence-electron chi connectivity index (χ3n) is 2.44. The van der Waals surface area contributed by atoms with Crippen molar-refractivity contribution in [2.75, 3.05) is 24.1 Å². The highest BCUT2D eigenvalue weighted by Gasteiger charge is 2.11. The van der Waals surface area contributed by atoms with Gasteiger partial charge in [-0.2, -0.15) is 0 Å². The second kappa shape index (κ2) is 6.78. The van der Waals surface area contributed by atoms with Crippen LogP contribution in [0.5, 0.6) is 0 Å². The Balaban J connectivity index is 2.59. The first kappa shape index (κ1) is 13.4. The van der Waals surface area contributed by atoms with Crippen LogP contribution in [0.2, 0.25) is 0 Å². The van der Waals surface area contributed by atoms with Gasteiger partial charge in [0.1, 0.15) is 0 Å². The number of nitrogen functional groups attached to an aromatic ring is 1. The van der Waals surface area contributed by atoms with Crippen molar-refractivity contribution in [3.05, 3.63) is 24.3 Å². The number of nitrogens with zero attached hydrogens (tertiary/aromatic N) is 1. The molecule has 0 spiro atoms. The van der Waals surface area contributed by atoms with Crippen LogP contribution < -0.4 is 11.1 Å². The fourth-order valence-electron chi connectivity index (χ4n) is 1.62. The van der Waals surface area contributed by atoms with Gasteiger partial charge >= 0.3 is 6.03 Å². The Labute approximate surface area is 103 Å². The zero-order valence-corrected chi connectivity index (χ0v) is 10.6. The molecule has 0 heterocycles. The lowest BCUT2D eigenvalue weighted by atomic mass is 10.3. The van der Waals surface area contributed by atoms with Crippen LogP contribution in [0, 0.1) is 0 Å². The lowest BCUT2D eigenvalue weighted by Gasteiger charge is -2.21. The minimum atomic E-state index is -0.0431. The topological polar surface area (TPSA) is 58.4 Å². The molecule has 0 bridgehead atoms. The molecule has 0 aliphatic carbocycles. The standard InChI is InChI=1S/C13H21N3O/c1-3-9-16(10-4-2)13(17)15-12-7-5-11(14)6-8-12/h5-8H,3-4,9-10,14H2,1-2H3,(H,15,17). The van der Waals surface area contributed by atoms with E-state index in [0.717, 1.165) is 31.6 Å². The molecule has 1 aromatic carbocycles. The van der Waals surface area contributed by atoms with E-state index in [1.165, 1.54) is 0 Å². The summed E-state index contributed by atoms with van der Waals surface area (Å²) in [6, 6.07) is 7.13. The van der Waals surface area contributed by atoms with Gasteiger partial charge in [-0.05, 0) is 37.1 Å². The minimum Gasteiger partial charge on any atom is -0.399 e. The van der Waals surface area contributed by atoms with E-state index < -0.39 is 0 Å². The molecule has 2 amide bonds. The molecule has 0 unspecified atom stereocenters. The molecule has 0 aromatic heterocycles. The Bertz CT molecular complexity index is 342. The second-order valence-electron chi connectivity index (χ2n) is 4.04. The van der Waals surface area contributed by atoms with Gasteiger partial charge in [0.15, 0.2) is 0 Å².